The van der Waals surface area contributed by atoms with E-state index in [1.54, 1.807) is 14.0 Å². The highest BCUT2D eigenvalue weighted by atomic mass is 32.2. The lowest BCUT2D eigenvalue weighted by Gasteiger charge is -2.13. The van der Waals surface area contributed by atoms with Crippen molar-refractivity contribution in [2.24, 2.45) is 7.05 Å². The normalized spacial score (nSPS) is 13.7. The van der Waals surface area contributed by atoms with Crippen molar-refractivity contribution in [3.63, 3.8) is 0 Å². The standard InChI is InChI=1S/C10H14N4O2S2/c1-7(8-3-4-17-5-8)13-18(15,16)10-9(11)12-6-14(10)2/h3-7,13H,11H2,1-2H3. The molecule has 0 aliphatic rings. The molecular weight excluding hydrogens is 272 g/mol. The molecule has 8 heteroatoms. The van der Waals surface area contributed by atoms with Crippen LogP contribution in [-0.2, 0) is 17.1 Å². The van der Waals surface area contributed by atoms with Gasteiger partial charge in [0.2, 0.25) is 0 Å². The van der Waals surface area contributed by atoms with E-state index in [2.05, 4.69) is 9.71 Å². The number of thiophene rings is 1. The molecule has 0 aliphatic heterocycles. The Balaban J connectivity index is 2.28. The van der Waals surface area contributed by atoms with Crippen LogP contribution in [0.25, 0.3) is 0 Å². The number of nitrogen functional groups attached to an aromatic ring is 1. The van der Waals surface area contributed by atoms with Crippen molar-refractivity contribution >= 4 is 27.2 Å². The molecule has 2 aromatic rings. The molecule has 18 heavy (non-hydrogen) atoms. The summed E-state index contributed by atoms with van der Waals surface area (Å²) in [7, 11) is -2.08. The molecule has 3 N–H and O–H groups in total. The van der Waals surface area contributed by atoms with E-state index >= 15 is 0 Å². The number of sulfonamides is 1. The monoisotopic (exact) mass is 286 g/mol. The molecule has 0 aromatic carbocycles. The molecule has 6 nitrogen and oxygen atoms in total. The Morgan fingerprint density at radius 1 is 1.56 bits per heavy atom. The first-order valence-corrected chi connectivity index (χ1v) is 7.65. The van der Waals surface area contributed by atoms with Gasteiger partial charge in [-0.3, -0.25) is 0 Å². The van der Waals surface area contributed by atoms with Crippen LogP contribution in [0.1, 0.15) is 18.5 Å². The minimum Gasteiger partial charge on any atom is -0.381 e. The van der Waals surface area contributed by atoms with Crippen molar-refractivity contribution in [2.45, 2.75) is 18.0 Å². The summed E-state index contributed by atoms with van der Waals surface area (Å²) in [5.41, 5.74) is 6.49. The topological polar surface area (TPSA) is 90.0 Å². The van der Waals surface area contributed by atoms with Crippen molar-refractivity contribution in [1.29, 1.82) is 0 Å². The third-order valence-corrected chi connectivity index (χ3v) is 4.91. The summed E-state index contributed by atoms with van der Waals surface area (Å²) < 4.78 is 28.4. The average Bonchev–Trinajstić information content (AvgIpc) is 2.87. The van der Waals surface area contributed by atoms with Gasteiger partial charge in [0.25, 0.3) is 10.0 Å². The highest BCUT2D eigenvalue weighted by Crippen LogP contribution is 2.21. The zero-order chi connectivity index (χ0) is 13.3. The van der Waals surface area contributed by atoms with Crippen LogP contribution in [0.5, 0.6) is 0 Å². The molecule has 0 amide bonds. The zero-order valence-electron chi connectivity index (χ0n) is 9.99. The Morgan fingerprint density at radius 2 is 2.28 bits per heavy atom. The second-order valence-corrected chi connectivity index (χ2v) is 6.35. The molecule has 0 saturated carbocycles. The lowest BCUT2D eigenvalue weighted by atomic mass is 10.2. The lowest BCUT2D eigenvalue weighted by Crippen LogP contribution is -2.28. The van der Waals surface area contributed by atoms with E-state index in [9.17, 15) is 8.42 Å². The number of rotatable bonds is 4. The molecule has 0 spiro atoms. The van der Waals surface area contributed by atoms with E-state index in [1.807, 2.05) is 16.8 Å². The highest BCUT2D eigenvalue weighted by molar-refractivity contribution is 7.89. The molecular formula is C10H14N4O2S2. The molecule has 98 valence electrons. The molecule has 0 saturated heterocycles. The minimum absolute atomic E-state index is 0.00233. The number of nitrogens with two attached hydrogens (primary N) is 1. The second kappa shape index (κ2) is 4.71. The fraction of sp³-hybridized carbons (Fsp3) is 0.300. The SMILES string of the molecule is CC(NS(=O)(=O)c1c(N)ncn1C)c1ccsc1. The van der Waals surface area contributed by atoms with Gasteiger partial charge in [0.05, 0.1) is 6.33 Å². The summed E-state index contributed by atoms with van der Waals surface area (Å²) in [6, 6.07) is 1.57. The van der Waals surface area contributed by atoms with Crippen molar-refractivity contribution < 1.29 is 8.42 Å². The maximum Gasteiger partial charge on any atom is 0.260 e. The summed E-state index contributed by atoms with van der Waals surface area (Å²) in [4.78, 5) is 3.78. The van der Waals surface area contributed by atoms with Gasteiger partial charge < -0.3 is 10.3 Å². The Bertz CT molecular complexity index is 611. The van der Waals surface area contributed by atoms with Crippen molar-refractivity contribution in [3.8, 4) is 0 Å². The number of nitrogens with zero attached hydrogens (tertiary/aromatic N) is 2. The van der Waals surface area contributed by atoms with E-state index in [-0.39, 0.29) is 16.9 Å². The predicted molar refractivity (Wildman–Crippen MR) is 70.7 cm³/mol. The number of aromatic nitrogens is 2. The maximum atomic E-state index is 12.2. The first-order chi connectivity index (χ1) is 8.42. The molecule has 1 atom stereocenters. The number of aryl methyl sites for hydroxylation is 1. The molecule has 2 aromatic heterocycles. The van der Waals surface area contributed by atoms with Crippen LogP contribution in [0.3, 0.4) is 0 Å². The third-order valence-electron chi connectivity index (χ3n) is 2.54. The quantitative estimate of drug-likeness (QED) is 0.880. The number of anilines is 1. The smallest absolute Gasteiger partial charge is 0.260 e. The van der Waals surface area contributed by atoms with E-state index < -0.39 is 10.0 Å². The third kappa shape index (κ3) is 2.40. The van der Waals surface area contributed by atoms with Crippen molar-refractivity contribution in [3.05, 3.63) is 28.7 Å². The Morgan fingerprint density at radius 3 is 2.78 bits per heavy atom. The second-order valence-electron chi connectivity index (χ2n) is 3.95. The summed E-state index contributed by atoms with van der Waals surface area (Å²) in [6.45, 7) is 1.78. The summed E-state index contributed by atoms with van der Waals surface area (Å²) in [5, 5.41) is 3.79. The van der Waals surface area contributed by atoms with Gasteiger partial charge in [-0.05, 0) is 29.3 Å². The molecule has 0 bridgehead atoms. The van der Waals surface area contributed by atoms with Gasteiger partial charge in [-0.15, -0.1) is 0 Å². The van der Waals surface area contributed by atoms with Crippen LogP contribution in [0.15, 0.2) is 28.2 Å². The largest absolute Gasteiger partial charge is 0.381 e. The fourth-order valence-corrected chi connectivity index (χ4v) is 3.86. The molecule has 2 rings (SSSR count). The first-order valence-electron chi connectivity index (χ1n) is 5.23. The average molecular weight is 286 g/mol. The molecule has 0 aliphatic carbocycles. The first kappa shape index (κ1) is 13.1. The van der Waals surface area contributed by atoms with Gasteiger partial charge in [0.1, 0.15) is 0 Å². The van der Waals surface area contributed by atoms with Gasteiger partial charge >= 0.3 is 0 Å². The highest BCUT2D eigenvalue weighted by Gasteiger charge is 2.24. The molecule has 2 heterocycles. The molecule has 1 unspecified atom stereocenters. The summed E-state index contributed by atoms with van der Waals surface area (Å²) in [6.07, 6.45) is 1.37. The van der Waals surface area contributed by atoms with Crippen LogP contribution in [0.4, 0.5) is 5.82 Å². The van der Waals surface area contributed by atoms with E-state index in [0.717, 1.165) is 5.56 Å². The van der Waals surface area contributed by atoms with Crippen molar-refractivity contribution in [1.82, 2.24) is 14.3 Å². The number of imidazole rings is 1. The van der Waals surface area contributed by atoms with Gasteiger partial charge in [-0.2, -0.15) is 11.3 Å². The fourth-order valence-electron chi connectivity index (χ4n) is 1.64. The van der Waals surface area contributed by atoms with Crippen LogP contribution < -0.4 is 10.5 Å². The molecule has 0 fully saturated rings. The summed E-state index contributed by atoms with van der Waals surface area (Å²) >= 11 is 1.52. The van der Waals surface area contributed by atoms with E-state index in [1.165, 1.54) is 22.2 Å². The van der Waals surface area contributed by atoms with Crippen LogP contribution in [0.2, 0.25) is 0 Å². The minimum atomic E-state index is -3.67. The van der Waals surface area contributed by atoms with Gasteiger partial charge in [0.15, 0.2) is 10.8 Å². The number of hydrogen-bond acceptors (Lipinski definition) is 5. The Hall–Kier alpha value is -1.38. The Kier molecular flexibility index (Phi) is 3.42. The predicted octanol–water partition coefficient (Wildman–Crippen LogP) is 1.10. The molecule has 0 radical (unpaired) electrons. The van der Waals surface area contributed by atoms with E-state index in [0.29, 0.717) is 0 Å². The van der Waals surface area contributed by atoms with Crippen LogP contribution in [-0.4, -0.2) is 18.0 Å². The lowest BCUT2D eigenvalue weighted by molar-refractivity contribution is 0.558. The van der Waals surface area contributed by atoms with Gasteiger partial charge in [-0.25, -0.2) is 18.1 Å². The van der Waals surface area contributed by atoms with Crippen molar-refractivity contribution in [2.75, 3.05) is 5.73 Å². The van der Waals surface area contributed by atoms with Gasteiger partial charge in [-0.1, -0.05) is 0 Å². The van der Waals surface area contributed by atoms with Gasteiger partial charge in [0, 0.05) is 13.1 Å². The number of hydrogen-bond donors (Lipinski definition) is 2. The zero-order valence-corrected chi connectivity index (χ0v) is 11.6. The van der Waals surface area contributed by atoms with E-state index in [4.69, 9.17) is 5.73 Å². The maximum absolute atomic E-state index is 12.2. The number of nitrogens with one attached hydrogen (secondary N) is 1. The van der Waals surface area contributed by atoms with Crippen LogP contribution >= 0.6 is 11.3 Å². The van der Waals surface area contributed by atoms with Crippen LogP contribution in [0, 0.1) is 0 Å². The summed E-state index contributed by atoms with van der Waals surface area (Å²) in [5.74, 6) is 0.00233. The Labute approximate surface area is 110 Å².